The van der Waals surface area contributed by atoms with Gasteiger partial charge < -0.3 is 18.6 Å². The minimum atomic E-state index is -1.07. The van der Waals surface area contributed by atoms with Crippen LogP contribution in [0.3, 0.4) is 0 Å². The summed E-state index contributed by atoms with van der Waals surface area (Å²) in [7, 11) is 0. The number of rotatable bonds is 9. The van der Waals surface area contributed by atoms with Crippen molar-refractivity contribution in [1.82, 2.24) is 4.98 Å². The van der Waals surface area contributed by atoms with E-state index >= 15 is 0 Å². The van der Waals surface area contributed by atoms with E-state index < -0.39 is 11.6 Å². The van der Waals surface area contributed by atoms with E-state index in [4.69, 9.17) is 25.1 Å². The highest BCUT2D eigenvalue weighted by Gasteiger charge is 2.31. The Balaban J connectivity index is 1.58. The lowest BCUT2D eigenvalue weighted by molar-refractivity contribution is -0.158. The zero-order valence-corrected chi connectivity index (χ0v) is 18.8. The molecule has 3 aromatic rings. The van der Waals surface area contributed by atoms with Crippen LogP contribution in [-0.4, -0.2) is 29.8 Å². The van der Waals surface area contributed by atoms with Crippen LogP contribution < -0.4 is 9.47 Å². The van der Waals surface area contributed by atoms with Gasteiger partial charge in [0.15, 0.2) is 5.60 Å². The molecule has 0 spiro atoms. The smallest absolute Gasteiger partial charge is 0.349 e. The summed E-state index contributed by atoms with van der Waals surface area (Å²) in [5.41, 5.74) is 1.29. The van der Waals surface area contributed by atoms with Gasteiger partial charge in [-0.3, -0.25) is 0 Å². The molecule has 0 atom stereocenters. The molecule has 0 saturated carbocycles. The molecule has 0 aliphatic heterocycles. The predicted octanol–water partition coefficient (Wildman–Crippen LogP) is 4.97. The Morgan fingerprint density at radius 2 is 1.81 bits per heavy atom. The number of hydrogen-bond acceptors (Lipinski definition) is 6. The van der Waals surface area contributed by atoms with Gasteiger partial charge in [0, 0.05) is 12.0 Å². The van der Waals surface area contributed by atoms with Crippen LogP contribution in [-0.2, 0) is 16.0 Å². The second-order valence-electron chi connectivity index (χ2n) is 7.61. The van der Waals surface area contributed by atoms with Crippen LogP contribution in [0.1, 0.15) is 37.8 Å². The van der Waals surface area contributed by atoms with Gasteiger partial charge in [-0.2, -0.15) is 0 Å². The molecule has 0 radical (unpaired) electrons. The van der Waals surface area contributed by atoms with Crippen molar-refractivity contribution < 1.29 is 23.4 Å². The maximum atomic E-state index is 12.0. The third kappa shape index (κ3) is 5.50. The summed E-state index contributed by atoms with van der Waals surface area (Å²) in [5.74, 6) is 4.74. The summed E-state index contributed by atoms with van der Waals surface area (Å²) in [6.07, 6.45) is 6.16. The van der Waals surface area contributed by atoms with Gasteiger partial charge in [0.2, 0.25) is 5.89 Å². The molecule has 166 valence electrons. The zero-order valence-electron chi connectivity index (χ0n) is 18.8. The number of esters is 1. The molecule has 0 bridgehead atoms. The SMILES string of the molecule is C#Cc1ccccc1-c1nc(CCOc2ccc(OC(C)(C)C(=O)OCC)cc2)c(C)o1. The summed E-state index contributed by atoms with van der Waals surface area (Å²) in [6.45, 7) is 7.72. The highest BCUT2D eigenvalue weighted by molar-refractivity contribution is 5.79. The van der Waals surface area contributed by atoms with E-state index in [2.05, 4.69) is 10.9 Å². The maximum absolute atomic E-state index is 12.0. The van der Waals surface area contributed by atoms with Crippen LogP contribution in [0, 0.1) is 19.3 Å². The number of benzene rings is 2. The molecule has 0 fully saturated rings. The average molecular weight is 434 g/mol. The van der Waals surface area contributed by atoms with Gasteiger partial charge in [0.25, 0.3) is 0 Å². The van der Waals surface area contributed by atoms with Crippen LogP contribution in [0.15, 0.2) is 52.9 Å². The highest BCUT2D eigenvalue weighted by atomic mass is 16.6. The molecular formula is C26H27NO5. The van der Waals surface area contributed by atoms with Gasteiger partial charge in [-0.15, -0.1) is 6.42 Å². The van der Waals surface area contributed by atoms with E-state index in [1.54, 1.807) is 45.0 Å². The molecule has 0 aliphatic rings. The molecule has 0 saturated heterocycles. The van der Waals surface area contributed by atoms with E-state index in [1.165, 1.54) is 0 Å². The molecule has 0 amide bonds. The monoisotopic (exact) mass is 433 g/mol. The fraction of sp³-hybridized carbons (Fsp3) is 0.308. The van der Waals surface area contributed by atoms with E-state index in [-0.39, 0.29) is 0 Å². The van der Waals surface area contributed by atoms with Crippen LogP contribution in [0.25, 0.3) is 11.5 Å². The fourth-order valence-electron chi connectivity index (χ4n) is 3.08. The molecule has 0 unspecified atom stereocenters. The number of carbonyl (C=O) groups excluding carboxylic acids is 1. The lowest BCUT2D eigenvalue weighted by atomic mass is 10.1. The molecule has 0 N–H and O–H groups in total. The molecule has 2 aromatic carbocycles. The van der Waals surface area contributed by atoms with Crippen molar-refractivity contribution in [3.05, 3.63) is 65.5 Å². The number of terminal acetylenes is 1. The molecular weight excluding hydrogens is 406 g/mol. The topological polar surface area (TPSA) is 70.8 Å². The second-order valence-corrected chi connectivity index (χ2v) is 7.61. The molecule has 6 heteroatoms. The van der Waals surface area contributed by atoms with E-state index in [1.807, 2.05) is 31.2 Å². The standard InChI is InChI=1S/C26H27NO5/c1-6-19-10-8-9-11-22(19)24-27-23(18(3)31-24)16-17-30-20-12-14-21(15-13-20)32-26(4,5)25(28)29-7-2/h1,8-15H,7,16-17H2,2-5H3. The summed E-state index contributed by atoms with van der Waals surface area (Å²) in [4.78, 5) is 16.6. The summed E-state index contributed by atoms with van der Waals surface area (Å²) in [5, 5.41) is 0. The van der Waals surface area contributed by atoms with Crippen molar-refractivity contribution in [2.24, 2.45) is 0 Å². The van der Waals surface area contributed by atoms with Gasteiger partial charge in [0.05, 0.1) is 24.5 Å². The number of ether oxygens (including phenoxy) is 3. The minimum Gasteiger partial charge on any atom is -0.493 e. The molecule has 1 heterocycles. The number of carbonyl (C=O) groups is 1. The maximum Gasteiger partial charge on any atom is 0.349 e. The van der Waals surface area contributed by atoms with Crippen LogP contribution in [0.2, 0.25) is 0 Å². The van der Waals surface area contributed by atoms with Crippen molar-refractivity contribution in [1.29, 1.82) is 0 Å². The number of nitrogens with zero attached hydrogens (tertiary/aromatic N) is 1. The van der Waals surface area contributed by atoms with Crippen molar-refractivity contribution in [3.63, 3.8) is 0 Å². The first kappa shape index (κ1) is 23.0. The molecule has 1 aromatic heterocycles. The van der Waals surface area contributed by atoms with E-state index in [9.17, 15) is 4.79 Å². The quantitative estimate of drug-likeness (QED) is 0.350. The average Bonchev–Trinajstić information content (AvgIpc) is 3.15. The fourth-order valence-corrected chi connectivity index (χ4v) is 3.08. The van der Waals surface area contributed by atoms with Crippen molar-refractivity contribution in [2.45, 2.75) is 39.7 Å². The zero-order chi connectivity index (χ0) is 23.1. The van der Waals surface area contributed by atoms with Gasteiger partial charge in [-0.1, -0.05) is 18.1 Å². The predicted molar refractivity (Wildman–Crippen MR) is 122 cm³/mol. The first-order valence-electron chi connectivity index (χ1n) is 10.5. The summed E-state index contributed by atoms with van der Waals surface area (Å²) in [6, 6.07) is 14.6. The van der Waals surface area contributed by atoms with Crippen molar-refractivity contribution in [3.8, 4) is 35.3 Å². The third-order valence-electron chi connectivity index (χ3n) is 4.78. The van der Waals surface area contributed by atoms with E-state index in [0.29, 0.717) is 37.0 Å². The number of aryl methyl sites for hydroxylation is 1. The normalized spacial score (nSPS) is 11.0. The van der Waals surface area contributed by atoms with Gasteiger partial charge in [0.1, 0.15) is 17.3 Å². The highest BCUT2D eigenvalue weighted by Crippen LogP contribution is 2.26. The Hall–Kier alpha value is -3.72. The Kier molecular flexibility index (Phi) is 7.21. The van der Waals surface area contributed by atoms with Crippen molar-refractivity contribution in [2.75, 3.05) is 13.2 Å². The Morgan fingerprint density at radius 1 is 1.12 bits per heavy atom. The Labute approximate surface area is 188 Å². The number of oxazole rings is 1. The molecule has 0 aliphatic carbocycles. The van der Waals surface area contributed by atoms with E-state index in [0.717, 1.165) is 22.6 Å². The van der Waals surface area contributed by atoms with Gasteiger partial charge >= 0.3 is 5.97 Å². The Bertz CT molecular complexity index is 1110. The first-order chi connectivity index (χ1) is 15.3. The molecule has 32 heavy (non-hydrogen) atoms. The minimum absolute atomic E-state index is 0.307. The first-order valence-corrected chi connectivity index (χ1v) is 10.5. The summed E-state index contributed by atoms with van der Waals surface area (Å²) >= 11 is 0. The van der Waals surface area contributed by atoms with Crippen LogP contribution in [0.5, 0.6) is 11.5 Å². The van der Waals surface area contributed by atoms with Crippen LogP contribution >= 0.6 is 0 Å². The summed E-state index contributed by atoms with van der Waals surface area (Å²) < 4.78 is 22.5. The lowest BCUT2D eigenvalue weighted by Gasteiger charge is -2.24. The van der Waals surface area contributed by atoms with Crippen molar-refractivity contribution >= 4 is 5.97 Å². The lowest BCUT2D eigenvalue weighted by Crippen LogP contribution is -2.39. The third-order valence-corrected chi connectivity index (χ3v) is 4.78. The molecule has 3 rings (SSSR count). The van der Waals surface area contributed by atoms with Gasteiger partial charge in [-0.25, -0.2) is 9.78 Å². The number of aromatic nitrogens is 1. The molecule has 6 nitrogen and oxygen atoms in total. The number of hydrogen-bond donors (Lipinski definition) is 0. The van der Waals surface area contributed by atoms with Gasteiger partial charge in [-0.05, 0) is 64.1 Å². The second kappa shape index (κ2) is 10.1. The Morgan fingerprint density at radius 3 is 2.50 bits per heavy atom. The largest absolute Gasteiger partial charge is 0.493 e. The van der Waals surface area contributed by atoms with Crippen LogP contribution in [0.4, 0.5) is 0 Å².